The van der Waals surface area contributed by atoms with Crippen LogP contribution in [0.15, 0.2) is 42.6 Å². The maximum absolute atomic E-state index is 4.61. The van der Waals surface area contributed by atoms with E-state index in [4.69, 9.17) is 0 Å². The second-order valence-electron chi connectivity index (χ2n) is 5.44. The molecule has 1 heterocycles. The largest absolute Gasteiger partial charge is 0.245 e. The maximum Gasteiger partial charge on any atom is 0.233 e. The Labute approximate surface area is 119 Å². The Morgan fingerprint density at radius 2 is 1.60 bits per heavy atom. The molecule has 100 valence electrons. The zero-order valence-electron chi connectivity index (χ0n) is 12.4. The molecule has 0 spiro atoms. The lowest BCUT2D eigenvalue weighted by molar-refractivity contribution is -0.661. The number of rotatable bonds is 1. The first-order valence-electron chi connectivity index (χ1n) is 6.90. The van der Waals surface area contributed by atoms with E-state index in [9.17, 15) is 0 Å². The van der Waals surface area contributed by atoms with Gasteiger partial charge in [-0.25, -0.2) is 4.98 Å². The average molecular weight is 263 g/mol. The van der Waals surface area contributed by atoms with Gasteiger partial charge in [-0.2, -0.15) is 4.57 Å². The van der Waals surface area contributed by atoms with Crippen LogP contribution in [-0.4, -0.2) is 4.98 Å². The van der Waals surface area contributed by atoms with Crippen molar-refractivity contribution in [1.29, 1.82) is 0 Å². The van der Waals surface area contributed by atoms with Gasteiger partial charge in [0.05, 0.1) is 5.56 Å². The van der Waals surface area contributed by atoms with Gasteiger partial charge in [0.15, 0.2) is 6.20 Å². The quantitative estimate of drug-likeness (QED) is 0.612. The molecule has 0 radical (unpaired) electrons. The normalized spacial score (nSPS) is 11.0. The van der Waals surface area contributed by atoms with Gasteiger partial charge in [0.1, 0.15) is 18.4 Å². The highest BCUT2D eigenvalue weighted by Gasteiger charge is 2.18. The van der Waals surface area contributed by atoms with Crippen LogP contribution in [-0.2, 0) is 7.05 Å². The Hall–Kier alpha value is -2.22. The zero-order valence-corrected chi connectivity index (χ0v) is 12.4. The summed E-state index contributed by atoms with van der Waals surface area (Å²) in [7, 11) is 2.09. The number of hydrogen-bond acceptors (Lipinski definition) is 1. The minimum atomic E-state index is 1.05. The lowest BCUT2D eigenvalue weighted by Crippen LogP contribution is -2.33. The molecule has 3 aromatic rings. The van der Waals surface area contributed by atoms with Crippen LogP contribution in [0.3, 0.4) is 0 Å². The molecule has 0 N–H and O–H groups in total. The Balaban J connectivity index is 2.32. The molecule has 3 rings (SSSR count). The molecule has 0 bridgehead atoms. The Morgan fingerprint density at radius 1 is 0.950 bits per heavy atom. The second-order valence-corrected chi connectivity index (χ2v) is 5.44. The van der Waals surface area contributed by atoms with Crippen LogP contribution in [0.2, 0.25) is 0 Å². The van der Waals surface area contributed by atoms with Gasteiger partial charge in [0.2, 0.25) is 5.69 Å². The predicted octanol–water partition coefficient (Wildman–Crippen LogP) is 3.65. The number of aryl methyl sites for hydroxylation is 4. The van der Waals surface area contributed by atoms with Crippen molar-refractivity contribution in [2.24, 2.45) is 7.05 Å². The molecule has 0 saturated heterocycles. The highest BCUT2D eigenvalue weighted by molar-refractivity contribution is 5.88. The van der Waals surface area contributed by atoms with Gasteiger partial charge in [0.25, 0.3) is 0 Å². The summed E-state index contributed by atoms with van der Waals surface area (Å²) in [6.07, 6.45) is 2.08. The van der Waals surface area contributed by atoms with Crippen LogP contribution in [0.1, 0.15) is 17.0 Å². The minimum absolute atomic E-state index is 1.05. The summed E-state index contributed by atoms with van der Waals surface area (Å²) >= 11 is 0. The lowest BCUT2D eigenvalue weighted by atomic mass is 9.98. The fraction of sp³-hybridized carbons (Fsp3) is 0.222. The summed E-state index contributed by atoms with van der Waals surface area (Å²) in [5.41, 5.74) is 5.86. The van der Waals surface area contributed by atoms with Gasteiger partial charge in [0, 0.05) is 0 Å². The summed E-state index contributed by atoms with van der Waals surface area (Å²) in [6, 6.07) is 13.0. The Bertz CT molecular complexity index is 781. The number of aromatic nitrogens is 2. The van der Waals surface area contributed by atoms with E-state index in [1.165, 1.54) is 27.6 Å². The van der Waals surface area contributed by atoms with Crippen LogP contribution in [0, 0.1) is 20.8 Å². The lowest BCUT2D eigenvalue weighted by Gasteiger charge is -2.09. The summed E-state index contributed by atoms with van der Waals surface area (Å²) in [4.78, 5) is 4.61. The Morgan fingerprint density at radius 3 is 2.25 bits per heavy atom. The molecule has 0 unspecified atom stereocenters. The van der Waals surface area contributed by atoms with Crippen molar-refractivity contribution in [3.8, 4) is 11.3 Å². The number of benzene rings is 2. The molecule has 1 aromatic heterocycles. The molecule has 2 aromatic carbocycles. The molecule has 0 aliphatic rings. The molecule has 2 heteroatoms. The summed E-state index contributed by atoms with van der Waals surface area (Å²) in [5, 5.41) is 2.56. The van der Waals surface area contributed by atoms with E-state index < -0.39 is 0 Å². The molecular formula is C18H19N2+. The van der Waals surface area contributed by atoms with Crippen molar-refractivity contribution in [2.75, 3.05) is 0 Å². The van der Waals surface area contributed by atoms with E-state index in [1.807, 2.05) is 6.92 Å². The number of nitrogens with zero attached hydrogens (tertiary/aromatic N) is 2. The van der Waals surface area contributed by atoms with Crippen LogP contribution in [0.4, 0.5) is 0 Å². The monoisotopic (exact) mass is 263 g/mol. The van der Waals surface area contributed by atoms with Gasteiger partial charge in [-0.1, -0.05) is 30.3 Å². The smallest absolute Gasteiger partial charge is 0.233 e. The topological polar surface area (TPSA) is 16.8 Å². The first-order valence-corrected chi connectivity index (χ1v) is 6.90. The fourth-order valence-electron chi connectivity index (χ4n) is 2.94. The van der Waals surface area contributed by atoms with Crippen molar-refractivity contribution < 1.29 is 4.57 Å². The van der Waals surface area contributed by atoms with Gasteiger partial charge in [-0.05, 0) is 43.2 Å². The first-order chi connectivity index (χ1) is 9.56. The van der Waals surface area contributed by atoms with Gasteiger partial charge in [-0.3, -0.25) is 0 Å². The van der Waals surface area contributed by atoms with E-state index >= 15 is 0 Å². The summed E-state index contributed by atoms with van der Waals surface area (Å²) < 4.78 is 2.18. The third kappa shape index (κ3) is 2.07. The fourth-order valence-corrected chi connectivity index (χ4v) is 2.94. The molecule has 0 aliphatic carbocycles. The second kappa shape index (κ2) is 4.71. The Kier molecular flexibility index (Phi) is 3.01. The molecular weight excluding hydrogens is 244 g/mol. The van der Waals surface area contributed by atoms with E-state index in [2.05, 4.69) is 73.0 Å². The third-order valence-electron chi connectivity index (χ3n) is 3.77. The van der Waals surface area contributed by atoms with Crippen molar-refractivity contribution >= 4 is 10.8 Å². The van der Waals surface area contributed by atoms with E-state index in [1.54, 1.807) is 0 Å². The molecule has 0 fully saturated rings. The van der Waals surface area contributed by atoms with Crippen molar-refractivity contribution in [3.05, 3.63) is 59.5 Å². The molecule has 0 aliphatic heterocycles. The van der Waals surface area contributed by atoms with Gasteiger partial charge in [-0.15, -0.1) is 0 Å². The minimum Gasteiger partial charge on any atom is -0.245 e. The highest BCUT2D eigenvalue weighted by Crippen LogP contribution is 2.27. The van der Waals surface area contributed by atoms with Crippen LogP contribution >= 0.6 is 0 Å². The van der Waals surface area contributed by atoms with Crippen molar-refractivity contribution in [3.63, 3.8) is 0 Å². The highest BCUT2D eigenvalue weighted by atomic mass is 15.0. The van der Waals surface area contributed by atoms with Crippen LogP contribution in [0.5, 0.6) is 0 Å². The van der Waals surface area contributed by atoms with Crippen molar-refractivity contribution in [2.45, 2.75) is 20.8 Å². The standard InChI is InChI=1S/C18H19N2/c1-12-9-15-7-5-6-8-16(15)10-17(12)18-14(3)19-13(2)11-20(18)4/h5-11H,1-4H3/q+1. The average Bonchev–Trinajstić information content (AvgIpc) is 2.38. The van der Waals surface area contributed by atoms with E-state index in [0.717, 1.165) is 11.4 Å². The molecule has 20 heavy (non-hydrogen) atoms. The van der Waals surface area contributed by atoms with Crippen LogP contribution in [0.25, 0.3) is 22.0 Å². The van der Waals surface area contributed by atoms with E-state index in [0.29, 0.717) is 0 Å². The number of fused-ring (bicyclic) bond motifs is 1. The maximum atomic E-state index is 4.61. The first kappa shape index (κ1) is 12.8. The zero-order chi connectivity index (χ0) is 14.3. The van der Waals surface area contributed by atoms with Crippen molar-refractivity contribution in [1.82, 2.24) is 4.98 Å². The van der Waals surface area contributed by atoms with E-state index in [-0.39, 0.29) is 0 Å². The predicted molar refractivity (Wildman–Crippen MR) is 82.6 cm³/mol. The number of hydrogen-bond donors (Lipinski definition) is 0. The third-order valence-corrected chi connectivity index (χ3v) is 3.77. The molecule has 0 amide bonds. The summed E-state index contributed by atoms with van der Waals surface area (Å²) in [6.45, 7) is 6.28. The SMILES string of the molecule is Cc1c[n+](C)c(-c2cc3ccccc3cc2C)c(C)n1. The van der Waals surface area contributed by atoms with Gasteiger partial charge < -0.3 is 0 Å². The molecule has 0 saturated carbocycles. The van der Waals surface area contributed by atoms with Crippen LogP contribution < -0.4 is 4.57 Å². The summed E-state index contributed by atoms with van der Waals surface area (Å²) in [5.74, 6) is 0. The molecule has 0 atom stereocenters. The molecule has 2 nitrogen and oxygen atoms in total. The van der Waals surface area contributed by atoms with Gasteiger partial charge >= 0.3 is 0 Å².